The quantitative estimate of drug-likeness (QED) is 0.821. The first kappa shape index (κ1) is 18.1. The van der Waals surface area contributed by atoms with Crippen LogP contribution in [0.2, 0.25) is 0 Å². The van der Waals surface area contributed by atoms with Crippen LogP contribution in [0.5, 0.6) is 0 Å². The monoisotopic (exact) mass is 342 g/mol. The van der Waals surface area contributed by atoms with Gasteiger partial charge in [-0.1, -0.05) is 60.7 Å². The molecule has 1 fully saturated rings. The van der Waals surface area contributed by atoms with Gasteiger partial charge in [0.25, 0.3) is 0 Å². The average Bonchev–Trinajstić information content (AvgIpc) is 2.89. The van der Waals surface area contributed by atoms with Crippen molar-refractivity contribution in [2.75, 3.05) is 21.3 Å². The molecule has 0 bridgehead atoms. The lowest BCUT2D eigenvalue weighted by Crippen LogP contribution is -2.60. The second-order valence-electron chi connectivity index (χ2n) is 6.64. The molecule has 4 unspecified atom stereocenters. The van der Waals surface area contributed by atoms with Crippen molar-refractivity contribution in [3.05, 3.63) is 71.8 Å². The first-order chi connectivity index (χ1) is 12.0. The Balaban J connectivity index is 2.23. The van der Waals surface area contributed by atoms with Crippen molar-refractivity contribution >= 4 is 0 Å². The van der Waals surface area contributed by atoms with E-state index in [9.17, 15) is 0 Å². The summed E-state index contributed by atoms with van der Waals surface area (Å²) in [6.45, 7) is 3.99. The zero-order valence-electron chi connectivity index (χ0n) is 15.5. The van der Waals surface area contributed by atoms with E-state index in [0.717, 1.165) is 11.1 Å². The van der Waals surface area contributed by atoms with Crippen LogP contribution in [0.4, 0.5) is 0 Å². The fourth-order valence-corrected chi connectivity index (χ4v) is 3.98. The van der Waals surface area contributed by atoms with Gasteiger partial charge in [0.1, 0.15) is 11.7 Å². The molecule has 0 N–H and O–H groups in total. The molecule has 1 aliphatic heterocycles. The van der Waals surface area contributed by atoms with Crippen LogP contribution in [-0.4, -0.2) is 32.5 Å². The van der Waals surface area contributed by atoms with Crippen molar-refractivity contribution < 1.29 is 18.9 Å². The van der Waals surface area contributed by atoms with E-state index in [1.165, 1.54) is 0 Å². The van der Waals surface area contributed by atoms with Gasteiger partial charge in [0.05, 0.1) is 0 Å². The molecule has 4 atom stereocenters. The summed E-state index contributed by atoms with van der Waals surface area (Å²) in [5.41, 5.74) is 0.258. The van der Waals surface area contributed by atoms with E-state index in [-0.39, 0.29) is 6.10 Å². The number of rotatable bonds is 5. The molecular weight excluding hydrogens is 316 g/mol. The number of benzene rings is 2. The highest BCUT2D eigenvalue weighted by Crippen LogP contribution is 2.60. The van der Waals surface area contributed by atoms with Gasteiger partial charge in [0, 0.05) is 26.9 Å². The van der Waals surface area contributed by atoms with Gasteiger partial charge in [-0.3, -0.25) is 0 Å². The normalized spacial score (nSPS) is 35.0. The lowest BCUT2D eigenvalue weighted by Gasteiger charge is -2.46. The van der Waals surface area contributed by atoms with Gasteiger partial charge in [-0.05, 0) is 19.4 Å². The molecule has 4 heteroatoms. The summed E-state index contributed by atoms with van der Waals surface area (Å²) in [5.74, 6) is -1.10. The first-order valence-corrected chi connectivity index (χ1v) is 8.43. The van der Waals surface area contributed by atoms with Crippen LogP contribution in [0, 0.1) is 0 Å². The number of methoxy groups -OCH3 is 3. The van der Waals surface area contributed by atoms with E-state index >= 15 is 0 Å². The topological polar surface area (TPSA) is 36.9 Å². The molecule has 2 aromatic carbocycles. The molecule has 3 rings (SSSR count). The molecule has 0 amide bonds. The third-order valence-corrected chi connectivity index (χ3v) is 5.74. The second kappa shape index (κ2) is 6.54. The third kappa shape index (κ3) is 2.36. The Labute approximate surface area is 149 Å². The van der Waals surface area contributed by atoms with Crippen LogP contribution in [0.1, 0.15) is 31.1 Å². The highest BCUT2D eigenvalue weighted by Gasteiger charge is 2.72. The molecule has 0 saturated carbocycles. The first-order valence-electron chi connectivity index (χ1n) is 8.43. The maximum atomic E-state index is 6.61. The van der Waals surface area contributed by atoms with Crippen molar-refractivity contribution in [2.45, 2.75) is 36.9 Å². The fraction of sp³-hybridized carbons (Fsp3) is 0.429. The lowest BCUT2D eigenvalue weighted by molar-refractivity contribution is -0.299. The summed E-state index contributed by atoms with van der Waals surface area (Å²) < 4.78 is 24.7. The SMILES string of the molecule is COC1(c2ccccc2)OC(c2ccccc2)C(C)(OC)C1(C)OC. The van der Waals surface area contributed by atoms with E-state index in [4.69, 9.17) is 18.9 Å². The zero-order valence-corrected chi connectivity index (χ0v) is 15.5. The fourth-order valence-electron chi connectivity index (χ4n) is 3.98. The van der Waals surface area contributed by atoms with Gasteiger partial charge in [-0.25, -0.2) is 0 Å². The van der Waals surface area contributed by atoms with E-state index in [1.54, 1.807) is 21.3 Å². The predicted octanol–water partition coefficient (Wildman–Crippen LogP) is 4.07. The van der Waals surface area contributed by atoms with Crippen molar-refractivity contribution in [3.8, 4) is 0 Å². The average molecular weight is 342 g/mol. The number of hydrogen-bond acceptors (Lipinski definition) is 4. The number of hydrogen-bond donors (Lipinski definition) is 0. The summed E-state index contributed by atoms with van der Waals surface area (Å²) in [7, 11) is 5.01. The number of ether oxygens (including phenoxy) is 4. The molecule has 0 spiro atoms. The van der Waals surface area contributed by atoms with Crippen LogP contribution in [-0.2, 0) is 24.7 Å². The molecule has 0 aliphatic carbocycles. The lowest BCUT2D eigenvalue weighted by atomic mass is 9.75. The maximum Gasteiger partial charge on any atom is 0.228 e. The molecule has 0 radical (unpaired) electrons. The molecule has 0 aromatic heterocycles. The minimum Gasteiger partial charge on any atom is -0.372 e. The Morgan fingerprint density at radius 1 is 0.760 bits per heavy atom. The van der Waals surface area contributed by atoms with E-state index < -0.39 is 17.0 Å². The van der Waals surface area contributed by atoms with E-state index in [2.05, 4.69) is 0 Å². The maximum absolute atomic E-state index is 6.61. The van der Waals surface area contributed by atoms with Crippen LogP contribution in [0.25, 0.3) is 0 Å². The van der Waals surface area contributed by atoms with Gasteiger partial charge in [0.2, 0.25) is 5.79 Å². The van der Waals surface area contributed by atoms with Crippen LogP contribution >= 0.6 is 0 Å². The predicted molar refractivity (Wildman–Crippen MR) is 96.2 cm³/mol. The molecular formula is C21H26O4. The highest BCUT2D eigenvalue weighted by molar-refractivity contribution is 5.34. The van der Waals surface area contributed by atoms with Crippen LogP contribution in [0.3, 0.4) is 0 Å². The Bertz CT molecular complexity index is 704. The smallest absolute Gasteiger partial charge is 0.228 e. The minimum atomic E-state index is -1.10. The molecule has 1 heterocycles. The van der Waals surface area contributed by atoms with Gasteiger partial charge in [0.15, 0.2) is 5.60 Å². The molecule has 1 aliphatic rings. The van der Waals surface area contributed by atoms with E-state index in [1.807, 2.05) is 74.5 Å². The molecule has 25 heavy (non-hydrogen) atoms. The Morgan fingerprint density at radius 3 is 1.80 bits per heavy atom. The second-order valence-corrected chi connectivity index (χ2v) is 6.64. The summed E-state index contributed by atoms with van der Waals surface area (Å²) in [5, 5.41) is 0. The molecule has 134 valence electrons. The van der Waals surface area contributed by atoms with Gasteiger partial charge in [-0.15, -0.1) is 0 Å². The summed E-state index contributed by atoms with van der Waals surface area (Å²) in [6, 6.07) is 19.9. The van der Waals surface area contributed by atoms with Gasteiger partial charge in [-0.2, -0.15) is 0 Å². The standard InChI is InChI=1S/C21H26O4/c1-19(22-3)18(16-12-8-6-9-13-16)25-21(24-5,20(19,2)23-4)17-14-10-7-11-15-17/h6-15,18H,1-5H3. The Morgan fingerprint density at radius 2 is 1.32 bits per heavy atom. The highest BCUT2D eigenvalue weighted by atomic mass is 16.7. The van der Waals surface area contributed by atoms with Crippen molar-refractivity contribution in [1.29, 1.82) is 0 Å². The summed E-state index contributed by atoms with van der Waals surface area (Å²) >= 11 is 0. The van der Waals surface area contributed by atoms with Gasteiger partial charge < -0.3 is 18.9 Å². The minimum absolute atomic E-state index is 0.358. The largest absolute Gasteiger partial charge is 0.372 e. The Kier molecular flexibility index (Phi) is 4.73. The van der Waals surface area contributed by atoms with Crippen molar-refractivity contribution in [3.63, 3.8) is 0 Å². The molecule has 2 aromatic rings. The van der Waals surface area contributed by atoms with Crippen molar-refractivity contribution in [1.82, 2.24) is 0 Å². The zero-order chi connectivity index (χ0) is 18.1. The molecule has 1 saturated heterocycles. The van der Waals surface area contributed by atoms with Crippen LogP contribution < -0.4 is 0 Å². The van der Waals surface area contributed by atoms with Crippen molar-refractivity contribution in [2.24, 2.45) is 0 Å². The summed E-state index contributed by atoms with van der Waals surface area (Å²) in [4.78, 5) is 0. The van der Waals surface area contributed by atoms with Gasteiger partial charge >= 0.3 is 0 Å². The van der Waals surface area contributed by atoms with Crippen LogP contribution in [0.15, 0.2) is 60.7 Å². The summed E-state index contributed by atoms with van der Waals surface area (Å²) in [6.07, 6.45) is -0.358. The third-order valence-electron chi connectivity index (χ3n) is 5.74. The van der Waals surface area contributed by atoms with E-state index in [0.29, 0.717) is 0 Å². The molecule has 4 nitrogen and oxygen atoms in total. The Hall–Kier alpha value is -1.72.